The number of aliphatic hydroxyl groups excluding tert-OH is 3. The van der Waals surface area contributed by atoms with Crippen molar-refractivity contribution in [1.82, 2.24) is 16.4 Å². The molecule has 7 rings (SSSR count). The van der Waals surface area contributed by atoms with Crippen LogP contribution < -0.4 is 32.4 Å². The van der Waals surface area contributed by atoms with Crippen molar-refractivity contribution in [2.45, 2.75) is 86.2 Å². The number of aliphatic hydroxyl groups is 3. The SMILES string of the molecule is Cc1cc(I)ccc1Nc1c(C(=O)NOC(O)C2CC2)ccc(F)c1F.Cc1cc(I)ccc1Nc1c(C(=O)NOCC(O)C(C)C)ccc(F)c1F.Cc1cc(I)ccc1Nc1c(C(=O)NOCC(O)CC(C)C)ccc(F)c1F. The molecule has 1 aliphatic rings. The van der Waals surface area contributed by atoms with Gasteiger partial charge in [0.15, 0.2) is 41.2 Å². The van der Waals surface area contributed by atoms with Gasteiger partial charge in [0.05, 0.1) is 46.0 Å². The predicted molar refractivity (Wildman–Crippen MR) is 321 cm³/mol. The largest absolute Gasteiger partial charge is 0.391 e. The number of aryl methyl sites for hydroxylation is 3. The van der Waals surface area contributed by atoms with Crippen LogP contribution in [0.25, 0.3) is 0 Å². The Morgan fingerprint density at radius 2 is 0.877 bits per heavy atom. The lowest BCUT2D eigenvalue weighted by Crippen LogP contribution is -2.31. The molecule has 0 radical (unpaired) electrons. The molecule has 3 unspecified atom stereocenters. The van der Waals surface area contributed by atoms with Gasteiger partial charge in [-0.3, -0.25) is 24.1 Å². The number of amides is 3. The molecule has 6 aromatic carbocycles. The van der Waals surface area contributed by atoms with Crippen LogP contribution in [0.4, 0.5) is 60.5 Å². The minimum Gasteiger partial charge on any atom is -0.391 e. The molecule has 1 fully saturated rings. The van der Waals surface area contributed by atoms with Crippen LogP contribution in [0.3, 0.4) is 0 Å². The molecule has 1 aliphatic carbocycles. The molecule has 9 N–H and O–H groups in total. The van der Waals surface area contributed by atoms with Crippen molar-refractivity contribution in [2.24, 2.45) is 17.8 Å². The standard InChI is InChI=1S/C20H23F2IN2O3.C19H21F2IN2O3.C18H17F2IN2O3/c1-11(2)8-14(26)10-28-25-20(27)15-5-6-16(21)18(22)19(15)24-17-7-4-13(23)9-12(17)3;1-10(2)16(25)9-27-24-19(26)13-5-6-14(20)17(21)18(13)23-15-7-4-12(22)8-11(15)3;1-9-8-11(21)4-7-14(9)22-16-12(5-6-13(19)15(16)20)17(24)23-26-18(25)10-2-3-10/h4-7,9,11,14,24,26H,8,10H2,1-3H3,(H,25,27);4-8,10,16,23,25H,9H2,1-3H3,(H,24,26);4-8,10,18,22,25H,2-3H2,1H3,(H,23,24). The molecule has 0 heterocycles. The van der Waals surface area contributed by atoms with Gasteiger partial charge in [-0.15, -0.1) is 0 Å². The average molecular weight is 1470 g/mol. The summed E-state index contributed by atoms with van der Waals surface area (Å²) in [5.74, 6) is -8.79. The van der Waals surface area contributed by atoms with E-state index in [9.17, 15) is 56.0 Å². The fourth-order valence-corrected chi connectivity index (χ4v) is 9.19. The Hall–Kier alpha value is -5.34. The van der Waals surface area contributed by atoms with Crippen LogP contribution in [0.1, 0.15) is 94.7 Å². The first-order valence-corrected chi connectivity index (χ1v) is 28.4. The summed E-state index contributed by atoms with van der Waals surface area (Å²) in [4.78, 5) is 52.0. The van der Waals surface area contributed by atoms with Gasteiger partial charge in [0.2, 0.25) is 0 Å². The fourth-order valence-electron chi connectivity index (χ4n) is 7.25. The van der Waals surface area contributed by atoms with E-state index in [1.807, 2.05) is 71.0 Å². The normalized spacial score (nSPS) is 13.0. The third-order valence-electron chi connectivity index (χ3n) is 12.0. The Morgan fingerprint density at radius 1 is 0.531 bits per heavy atom. The molecule has 0 aliphatic heterocycles. The van der Waals surface area contributed by atoms with Crippen LogP contribution in [0.5, 0.6) is 0 Å². The van der Waals surface area contributed by atoms with Crippen LogP contribution in [0, 0.1) is 84.1 Å². The second-order valence-corrected chi connectivity index (χ2v) is 23.2. The second kappa shape index (κ2) is 31.4. The quantitative estimate of drug-likeness (QED) is 0.0143. The monoisotopic (exact) mass is 1470 g/mol. The summed E-state index contributed by atoms with van der Waals surface area (Å²) in [5.41, 5.74) is 9.26. The third kappa shape index (κ3) is 19.9. The van der Waals surface area contributed by atoms with E-state index in [0.29, 0.717) is 23.5 Å². The van der Waals surface area contributed by atoms with Gasteiger partial charge in [-0.1, -0.05) is 27.7 Å². The molecule has 436 valence electrons. The summed E-state index contributed by atoms with van der Waals surface area (Å²) in [5, 5.41) is 37.5. The number of halogens is 9. The van der Waals surface area contributed by atoms with Gasteiger partial charge in [0, 0.05) is 33.7 Å². The Morgan fingerprint density at radius 3 is 1.20 bits per heavy atom. The fraction of sp³-hybridized carbons (Fsp3) is 0.316. The van der Waals surface area contributed by atoms with Gasteiger partial charge in [-0.2, -0.15) is 0 Å². The number of hydroxylamine groups is 3. The zero-order valence-corrected chi connectivity index (χ0v) is 51.3. The highest BCUT2D eigenvalue weighted by Gasteiger charge is 2.32. The molecule has 0 saturated heterocycles. The predicted octanol–water partition coefficient (Wildman–Crippen LogP) is 13.0. The molecule has 0 spiro atoms. The van der Waals surface area contributed by atoms with E-state index in [2.05, 4.69) is 100 Å². The lowest BCUT2D eigenvalue weighted by Gasteiger charge is -2.17. The molecule has 0 aromatic heterocycles. The number of nitrogens with one attached hydrogen (secondary N) is 6. The topological polar surface area (TPSA) is 212 Å². The number of carbonyl (C=O) groups is 3. The van der Waals surface area contributed by atoms with Gasteiger partial charge in [0.25, 0.3) is 17.7 Å². The molecule has 15 nitrogen and oxygen atoms in total. The van der Waals surface area contributed by atoms with Gasteiger partial charge < -0.3 is 31.3 Å². The molecule has 3 amide bonds. The molecule has 24 heteroatoms. The molecular formula is C57H61F6I3N6O9. The number of rotatable bonds is 21. The van der Waals surface area contributed by atoms with Crippen LogP contribution in [-0.2, 0) is 14.5 Å². The van der Waals surface area contributed by atoms with Crippen LogP contribution in [0.2, 0.25) is 0 Å². The molecule has 0 bridgehead atoms. The Kier molecular flexibility index (Phi) is 25.7. The van der Waals surface area contributed by atoms with Gasteiger partial charge in [-0.05, 0) is 227 Å². The van der Waals surface area contributed by atoms with E-state index in [0.717, 1.165) is 64.5 Å². The maximum Gasteiger partial charge on any atom is 0.277 e. The van der Waals surface area contributed by atoms with Crippen molar-refractivity contribution in [1.29, 1.82) is 0 Å². The third-order valence-corrected chi connectivity index (χ3v) is 14.0. The first kappa shape index (κ1) is 66.5. The van der Waals surface area contributed by atoms with Crippen molar-refractivity contribution in [2.75, 3.05) is 29.2 Å². The minimum absolute atomic E-state index is 0.00714. The summed E-state index contributed by atoms with van der Waals surface area (Å²) < 4.78 is 87.3. The van der Waals surface area contributed by atoms with Gasteiger partial charge in [0.1, 0.15) is 13.2 Å². The van der Waals surface area contributed by atoms with E-state index in [4.69, 9.17) is 14.5 Å². The first-order valence-electron chi connectivity index (χ1n) is 25.1. The Labute approximate surface area is 506 Å². The van der Waals surface area contributed by atoms with Crippen LogP contribution in [0.15, 0.2) is 91.0 Å². The van der Waals surface area contributed by atoms with E-state index in [1.54, 1.807) is 32.0 Å². The van der Waals surface area contributed by atoms with E-state index >= 15 is 0 Å². The van der Waals surface area contributed by atoms with Crippen molar-refractivity contribution < 1.29 is 70.6 Å². The van der Waals surface area contributed by atoms with Crippen LogP contribution >= 0.6 is 67.8 Å². The van der Waals surface area contributed by atoms with Gasteiger partial charge >= 0.3 is 0 Å². The molecule has 1 saturated carbocycles. The highest BCUT2D eigenvalue weighted by molar-refractivity contribution is 14.1. The number of hydrogen-bond acceptors (Lipinski definition) is 12. The highest BCUT2D eigenvalue weighted by Crippen LogP contribution is 2.34. The molecule has 81 heavy (non-hydrogen) atoms. The van der Waals surface area contributed by atoms with E-state index in [1.165, 1.54) is 12.1 Å². The minimum atomic E-state index is -1.17. The smallest absolute Gasteiger partial charge is 0.277 e. The number of hydrogen-bond donors (Lipinski definition) is 9. The average Bonchev–Trinajstić information content (AvgIpc) is 4.26. The summed E-state index contributed by atoms with van der Waals surface area (Å²) in [6.07, 6.45) is -0.457. The maximum atomic E-state index is 14.4. The van der Waals surface area contributed by atoms with E-state index < -0.39 is 71.1 Å². The van der Waals surface area contributed by atoms with Crippen molar-refractivity contribution in [3.8, 4) is 0 Å². The molecule has 6 aromatic rings. The van der Waals surface area contributed by atoms with Crippen molar-refractivity contribution in [3.05, 3.63) is 170 Å². The molecule has 3 atom stereocenters. The van der Waals surface area contributed by atoms with Gasteiger partial charge in [-0.25, -0.2) is 47.6 Å². The molecular weight excluding hydrogens is 1410 g/mol. The number of anilines is 6. The number of benzene rings is 6. The van der Waals surface area contributed by atoms with Crippen molar-refractivity contribution in [3.63, 3.8) is 0 Å². The summed E-state index contributed by atoms with van der Waals surface area (Å²) in [6, 6.07) is 22.3. The lowest BCUT2D eigenvalue weighted by molar-refractivity contribution is -0.145. The first-order chi connectivity index (χ1) is 38.2. The number of carbonyl (C=O) groups excluding carboxylic acids is 3. The van der Waals surface area contributed by atoms with E-state index in [-0.39, 0.29) is 64.7 Å². The lowest BCUT2D eigenvalue weighted by atomic mass is 10.1. The van der Waals surface area contributed by atoms with Crippen LogP contribution in [-0.4, -0.2) is 64.8 Å². The summed E-state index contributed by atoms with van der Waals surface area (Å²) in [7, 11) is 0. The highest BCUT2D eigenvalue weighted by atomic mass is 127. The summed E-state index contributed by atoms with van der Waals surface area (Å²) >= 11 is 6.43. The summed E-state index contributed by atoms with van der Waals surface area (Å²) in [6.45, 7) is 12.7. The Bertz CT molecular complexity index is 3180. The zero-order valence-electron chi connectivity index (χ0n) is 44.9. The Balaban J connectivity index is 0.000000223. The maximum absolute atomic E-state index is 14.4. The second-order valence-electron chi connectivity index (χ2n) is 19.5. The zero-order chi connectivity index (χ0) is 59.8. The van der Waals surface area contributed by atoms with Crippen molar-refractivity contribution >= 4 is 120 Å².